The van der Waals surface area contributed by atoms with Gasteiger partial charge in [0, 0.05) is 12.7 Å². The second-order valence-electron chi connectivity index (χ2n) is 4.05. The third-order valence-corrected chi connectivity index (χ3v) is 4.10. The molecule has 2 rings (SSSR count). The first kappa shape index (κ1) is 14.0. The molecule has 0 aliphatic carbocycles. The van der Waals surface area contributed by atoms with E-state index in [9.17, 15) is 8.42 Å². The Labute approximate surface area is 115 Å². The van der Waals surface area contributed by atoms with E-state index in [0.717, 1.165) is 0 Å². The molecular weight excluding hydrogens is 280 g/mol. The first-order valence-corrected chi connectivity index (χ1v) is 7.04. The largest absolute Gasteiger partial charge is 0.399 e. The highest BCUT2D eigenvalue weighted by Gasteiger charge is 2.19. The van der Waals surface area contributed by atoms with Crippen LogP contribution in [0, 0.1) is 11.3 Å². The van der Waals surface area contributed by atoms with E-state index in [1.807, 2.05) is 6.07 Å². The third kappa shape index (κ3) is 2.76. The maximum atomic E-state index is 12.2. The zero-order chi connectivity index (χ0) is 14.8. The Hall–Kier alpha value is -2.44. The number of aromatic nitrogens is 3. The van der Waals surface area contributed by atoms with Crippen LogP contribution in [0.2, 0.25) is 0 Å². The van der Waals surface area contributed by atoms with E-state index in [2.05, 4.69) is 14.9 Å². The minimum atomic E-state index is -3.82. The lowest BCUT2D eigenvalue weighted by molar-refractivity contribution is 0.577. The number of benzene rings is 1. The molecule has 0 saturated carbocycles. The summed E-state index contributed by atoms with van der Waals surface area (Å²) < 4.78 is 28.3. The van der Waals surface area contributed by atoms with Crippen LogP contribution in [0.5, 0.6) is 0 Å². The van der Waals surface area contributed by atoms with Crippen LogP contribution in [0.4, 0.5) is 5.69 Å². The maximum Gasteiger partial charge on any atom is 0.242 e. The zero-order valence-corrected chi connectivity index (χ0v) is 11.4. The van der Waals surface area contributed by atoms with Gasteiger partial charge in [-0.2, -0.15) is 5.26 Å². The van der Waals surface area contributed by atoms with Gasteiger partial charge in [-0.15, -0.1) is 10.2 Å². The molecule has 0 bridgehead atoms. The van der Waals surface area contributed by atoms with Crippen molar-refractivity contribution in [1.82, 2.24) is 19.5 Å². The van der Waals surface area contributed by atoms with Crippen LogP contribution in [-0.2, 0) is 23.6 Å². The Kier molecular flexibility index (Phi) is 3.69. The molecule has 3 N–H and O–H groups in total. The van der Waals surface area contributed by atoms with Gasteiger partial charge in [0.15, 0.2) is 0 Å². The number of nitriles is 1. The Bertz CT molecular complexity index is 774. The van der Waals surface area contributed by atoms with Gasteiger partial charge in [0.25, 0.3) is 0 Å². The Morgan fingerprint density at radius 3 is 2.85 bits per heavy atom. The van der Waals surface area contributed by atoms with Crippen molar-refractivity contribution in [2.75, 3.05) is 5.73 Å². The number of nitrogens with one attached hydrogen (secondary N) is 1. The Morgan fingerprint density at radius 1 is 1.50 bits per heavy atom. The number of rotatable bonds is 4. The highest BCUT2D eigenvalue weighted by molar-refractivity contribution is 7.89. The van der Waals surface area contributed by atoms with Crippen molar-refractivity contribution in [3.05, 3.63) is 35.9 Å². The summed E-state index contributed by atoms with van der Waals surface area (Å²) in [6.07, 6.45) is 1.47. The van der Waals surface area contributed by atoms with Gasteiger partial charge in [-0.1, -0.05) is 0 Å². The SMILES string of the molecule is Cn1cnnc1CNS(=O)(=O)c1ccc(N)cc1C#N. The summed E-state index contributed by atoms with van der Waals surface area (Å²) in [7, 11) is -2.12. The molecule has 8 nitrogen and oxygen atoms in total. The van der Waals surface area contributed by atoms with Gasteiger partial charge in [-0.05, 0) is 18.2 Å². The van der Waals surface area contributed by atoms with Crippen molar-refractivity contribution in [2.24, 2.45) is 7.05 Å². The average molecular weight is 292 g/mol. The lowest BCUT2D eigenvalue weighted by atomic mass is 10.2. The predicted octanol–water partition coefficient (Wildman–Crippen LogP) is -0.253. The van der Waals surface area contributed by atoms with E-state index < -0.39 is 10.0 Å². The lowest BCUT2D eigenvalue weighted by Crippen LogP contribution is -2.25. The number of hydrogen-bond donors (Lipinski definition) is 2. The summed E-state index contributed by atoms with van der Waals surface area (Å²) in [5.41, 5.74) is 5.85. The van der Waals surface area contributed by atoms with Crippen LogP contribution >= 0.6 is 0 Å². The highest BCUT2D eigenvalue weighted by Crippen LogP contribution is 2.18. The van der Waals surface area contributed by atoms with Crippen LogP contribution in [0.1, 0.15) is 11.4 Å². The van der Waals surface area contributed by atoms with Gasteiger partial charge >= 0.3 is 0 Å². The number of aryl methyl sites for hydroxylation is 1. The summed E-state index contributed by atoms with van der Waals surface area (Å²) in [5, 5.41) is 16.4. The second-order valence-corrected chi connectivity index (χ2v) is 5.79. The van der Waals surface area contributed by atoms with Crippen LogP contribution in [0.25, 0.3) is 0 Å². The van der Waals surface area contributed by atoms with Crippen molar-refractivity contribution in [3.63, 3.8) is 0 Å². The van der Waals surface area contributed by atoms with E-state index in [4.69, 9.17) is 11.0 Å². The molecule has 0 atom stereocenters. The molecule has 1 aromatic carbocycles. The van der Waals surface area contributed by atoms with E-state index >= 15 is 0 Å². The van der Waals surface area contributed by atoms with Gasteiger partial charge in [0.1, 0.15) is 18.2 Å². The summed E-state index contributed by atoms with van der Waals surface area (Å²) in [6.45, 7) is -0.0198. The fraction of sp³-hybridized carbons (Fsp3) is 0.182. The molecule has 1 aromatic heterocycles. The number of anilines is 1. The highest BCUT2D eigenvalue weighted by atomic mass is 32.2. The predicted molar refractivity (Wildman–Crippen MR) is 70.6 cm³/mol. The molecule has 0 amide bonds. The zero-order valence-electron chi connectivity index (χ0n) is 10.6. The molecule has 0 aliphatic rings. The standard InChI is InChI=1S/C11H12N6O2S/c1-17-7-14-16-11(17)6-15-20(18,19)10-3-2-9(13)4-8(10)5-12/h2-4,7,15H,6,13H2,1H3. The van der Waals surface area contributed by atoms with Crippen molar-refractivity contribution in [1.29, 1.82) is 5.26 Å². The fourth-order valence-corrected chi connectivity index (χ4v) is 2.69. The minimum Gasteiger partial charge on any atom is -0.399 e. The average Bonchev–Trinajstić information content (AvgIpc) is 2.81. The quantitative estimate of drug-likeness (QED) is 0.748. The molecule has 0 unspecified atom stereocenters. The molecule has 0 saturated heterocycles. The summed E-state index contributed by atoms with van der Waals surface area (Å²) in [6, 6.07) is 5.86. The van der Waals surface area contributed by atoms with Crippen LogP contribution in [-0.4, -0.2) is 23.2 Å². The molecule has 0 radical (unpaired) electrons. The van der Waals surface area contributed by atoms with Gasteiger partial charge in [-0.3, -0.25) is 0 Å². The first-order valence-electron chi connectivity index (χ1n) is 5.56. The summed E-state index contributed by atoms with van der Waals surface area (Å²) in [5.74, 6) is 0.461. The second kappa shape index (κ2) is 5.28. The topological polar surface area (TPSA) is 127 Å². The van der Waals surface area contributed by atoms with Gasteiger partial charge < -0.3 is 10.3 Å². The maximum absolute atomic E-state index is 12.2. The van der Waals surface area contributed by atoms with Crippen molar-refractivity contribution in [2.45, 2.75) is 11.4 Å². The normalized spacial score (nSPS) is 11.2. The van der Waals surface area contributed by atoms with E-state index in [1.54, 1.807) is 11.6 Å². The fourth-order valence-electron chi connectivity index (χ4n) is 1.57. The van der Waals surface area contributed by atoms with Crippen molar-refractivity contribution < 1.29 is 8.42 Å². The third-order valence-electron chi connectivity index (χ3n) is 2.64. The van der Waals surface area contributed by atoms with E-state index in [-0.39, 0.29) is 17.0 Å². The number of nitrogens with zero attached hydrogens (tertiary/aromatic N) is 4. The number of sulfonamides is 1. The van der Waals surface area contributed by atoms with E-state index in [0.29, 0.717) is 11.5 Å². The number of nitrogen functional groups attached to an aromatic ring is 1. The van der Waals surface area contributed by atoms with Crippen molar-refractivity contribution in [3.8, 4) is 6.07 Å². The Balaban J connectivity index is 2.28. The summed E-state index contributed by atoms with van der Waals surface area (Å²) in [4.78, 5) is -0.114. The van der Waals surface area contributed by atoms with Gasteiger partial charge in [0.2, 0.25) is 10.0 Å². The minimum absolute atomic E-state index is 0.00420. The molecule has 20 heavy (non-hydrogen) atoms. The molecule has 104 valence electrons. The van der Waals surface area contributed by atoms with Crippen LogP contribution < -0.4 is 10.5 Å². The monoisotopic (exact) mass is 292 g/mol. The molecule has 0 spiro atoms. The first-order chi connectivity index (χ1) is 9.44. The van der Waals surface area contributed by atoms with Crippen LogP contribution in [0.15, 0.2) is 29.4 Å². The molecular formula is C11H12N6O2S. The van der Waals surface area contributed by atoms with Crippen LogP contribution in [0.3, 0.4) is 0 Å². The molecule has 1 heterocycles. The van der Waals surface area contributed by atoms with E-state index in [1.165, 1.54) is 24.5 Å². The molecule has 0 aliphatic heterocycles. The van der Waals surface area contributed by atoms with Gasteiger partial charge in [-0.25, -0.2) is 13.1 Å². The number of nitrogens with two attached hydrogens (primary N) is 1. The smallest absolute Gasteiger partial charge is 0.242 e. The molecule has 2 aromatic rings. The molecule has 0 fully saturated rings. The Morgan fingerprint density at radius 2 is 2.25 bits per heavy atom. The lowest BCUT2D eigenvalue weighted by Gasteiger charge is -2.08. The number of hydrogen-bond acceptors (Lipinski definition) is 6. The summed E-state index contributed by atoms with van der Waals surface area (Å²) >= 11 is 0. The molecule has 9 heteroatoms. The van der Waals surface area contributed by atoms with Gasteiger partial charge in [0.05, 0.1) is 17.0 Å². The van der Waals surface area contributed by atoms with Crippen molar-refractivity contribution >= 4 is 15.7 Å².